The van der Waals surface area contributed by atoms with E-state index >= 15 is 0 Å². The number of hydrogen-bond acceptors (Lipinski definition) is 5. The molecule has 0 aromatic heterocycles. The smallest absolute Gasteiger partial charge is 0.462 e. The maximum absolute atomic E-state index is 14.0. The van der Waals surface area contributed by atoms with Gasteiger partial charge in [-0.1, -0.05) is 12.1 Å². The summed E-state index contributed by atoms with van der Waals surface area (Å²) in [5, 5.41) is 2.02. The number of benzene rings is 2. The molecule has 0 bridgehead atoms. The van der Waals surface area contributed by atoms with Gasteiger partial charge >= 0.3 is 13.7 Å². The van der Waals surface area contributed by atoms with Crippen molar-refractivity contribution in [2.45, 2.75) is 38.7 Å². The van der Waals surface area contributed by atoms with Gasteiger partial charge in [0.2, 0.25) is 34.8 Å². The minimum atomic E-state index is -4.88. The van der Waals surface area contributed by atoms with Crippen LogP contribution in [0.3, 0.4) is 0 Å². The molecule has 32 heavy (non-hydrogen) atoms. The van der Waals surface area contributed by atoms with Gasteiger partial charge in [-0.2, -0.15) is 13.9 Å². The van der Waals surface area contributed by atoms with E-state index in [2.05, 4.69) is 4.52 Å². The quantitative estimate of drug-likeness (QED) is 0.172. The Morgan fingerprint density at radius 2 is 1.50 bits per heavy atom. The molecule has 0 unspecified atom stereocenters. The van der Waals surface area contributed by atoms with Crippen molar-refractivity contribution in [1.29, 1.82) is 0 Å². The molecule has 12 heteroatoms. The first-order chi connectivity index (χ1) is 15.0. The van der Waals surface area contributed by atoms with Crippen molar-refractivity contribution >= 4 is 13.7 Å². The average molecular weight is 479 g/mol. The van der Waals surface area contributed by atoms with Gasteiger partial charge in [-0.15, -0.1) is 0 Å². The standard InChI is InChI=1S/C20H19F5NO5P/c1-10(2)29-14(27)9-26-32(28,30-13-7-5-12(6-8-13)11-3-4-11)31-20-18(24)16(22)15(21)17(23)19(20)25/h5-8,10-11H,3-4,9H2,1-2H3,(H,26,28)/t32-/m0/s1. The molecular weight excluding hydrogens is 460 g/mol. The van der Waals surface area contributed by atoms with E-state index in [1.165, 1.54) is 12.1 Å². The van der Waals surface area contributed by atoms with Crippen molar-refractivity contribution < 1.29 is 45.1 Å². The monoisotopic (exact) mass is 479 g/mol. The average Bonchev–Trinajstić information content (AvgIpc) is 3.58. The number of hydrogen-bond donors (Lipinski definition) is 1. The normalized spacial score (nSPS) is 15.4. The number of nitrogens with one attached hydrogen (secondary N) is 1. The van der Waals surface area contributed by atoms with Crippen LogP contribution in [0.5, 0.6) is 11.5 Å². The molecule has 174 valence electrons. The van der Waals surface area contributed by atoms with E-state index in [1.807, 2.05) is 5.09 Å². The highest BCUT2D eigenvalue weighted by atomic mass is 31.2. The molecule has 0 radical (unpaired) electrons. The van der Waals surface area contributed by atoms with E-state index in [4.69, 9.17) is 9.26 Å². The maximum atomic E-state index is 14.0. The number of ether oxygens (including phenoxy) is 1. The topological polar surface area (TPSA) is 73.9 Å². The highest BCUT2D eigenvalue weighted by Gasteiger charge is 2.36. The SMILES string of the molecule is CC(C)OC(=O)CN[P@](=O)(Oc1ccc(C2CC2)cc1)Oc1c(F)c(F)c(F)c(F)c1F. The van der Waals surface area contributed by atoms with Gasteiger partial charge in [0, 0.05) is 0 Å². The second kappa shape index (κ2) is 9.46. The number of carbonyl (C=O) groups is 1. The summed E-state index contributed by atoms with van der Waals surface area (Å²) < 4.78 is 96.3. The van der Waals surface area contributed by atoms with Crippen molar-refractivity contribution in [3.63, 3.8) is 0 Å². The van der Waals surface area contributed by atoms with Gasteiger partial charge in [-0.05, 0) is 50.3 Å². The molecule has 0 spiro atoms. The van der Waals surface area contributed by atoms with E-state index < -0.39 is 61.2 Å². The Labute approximate surface area is 180 Å². The van der Waals surface area contributed by atoms with Gasteiger partial charge in [0.1, 0.15) is 12.3 Å². The molecule has 1 N–H and O–H groups in total. The van der Waals surface area contributed by atoms with Crippen LogP contribution in [-0.2, 0) is 14.1 Å². The Bertz CT molecular complexity index is 1030. The molecule has 1 aliphatic rings. The molecule has 0 heterocycles. The second-order valence-electron chi connectivity index (χ2n) is 7.30. The van der Waals surface area contributed by atoms with E-state index in [0.717, 1.165) is 18.4 Å². The summed E-state index contributed by atoms with van der Waals surface area (Å²) in [5.41, 5.74) is 0.987. The zero-order chi connectivity index (χ0) is 23.6. The van der Waals surface area contributed by atoms with Crippen molar-refractivity contribution in [2.75, 3.05) is 6.54 Å². The van der Waals surface area contributed by atoms with Crippen LogP contribution in [0.4, 0.5) is 22.0 Å². The highest BCUT2D eigenvalue weighted by Crippen LogP contribution is 2.48. The number of halogens is 5. The van der Waals surface area contributed by atoms with E-state index in [9.17, 15) is 31.3 Å². The molecule has 1 atom stereocenters. The molecule has 1 aliphatic carbocycles. The summed E-state index contributed by atoms with van der Waals surface area (Å²) in [4.78, 5) is 11.8. The summed E-state index contributed by atoms with van der Waals surface area (Å²) in [6, 6.07) is 6.14. The maximum Gasteiger partial charge on any atom is 0.513 e. The second-order valence-corrected chi connectivity index (χ2v) is 8.97. The highest BCUT2D eigenvalue weighted by molar-refractivity contribution is 7.52. The van der Waals surface area contributed by atoms with Crippen LogP contribution < -0.4 is 14.1 Å². The Morgan fingerprint density at radius 1 is 0.969 bits per heavy atom. The lowest BCUT2D eigenvalue weighted by Crippen LogP contribution is -2.28. The fourth-order valence-corrected chi connectivity index (χ4v) is 3.98. The van der Waals surface area contributed by atoms with Gasteiger partial charge in [-0.3, -0.25) is 4.79 Å². The van der Waals surface area contributed by atoms with Gasteiger partial charge in [0.25, 0.3) is 0 Å². The Hall–Kier alpha value is -2.65. The predicted octanol–water partition coefficient (Wildman–Crippen LogP) is 5.37. The zero-order valence-electron chi connectivity index (χ0n) is 17.0. The van der Waals surface area contributed by atoms with Crippen LogP contribution in [-0.4, -0.2) is 18.6 Å². The van der Waals surface area contributed by atoms with Crippen molar-refractivity contribution in [1.82, 2.24) is 5.09 Å². The van der Waals surface area contributed by atoms with Gasteiger partial charge in [-0.25, -0.2) is 17.7 Å². The summed E-state index contributed by atoms with van der Waals surface area (Å²) >= 11 is 0. The van der Waals surface area contributed by atoms with Crippen LogP contribution in [0, 0.1) is 29.1 Å². The third kappa shape index (κ3) is 5.58. The van der Waals surface area contributed by atoms with Crippen LogP contribution in [0.2, 0.25) is 0 Å². The van der Waals surface area contributed by atoms with E-state index in [1.54, 1.807) is 26.0 Å². The third-order valence-electron chi connectivity index (χ3n) is 4.32. The van der Waals surface area contributed by atoms with Crippen molar-refractivity contribution in [2.24, 2.45) is 0 Å². The molecule has 1 saturated carbocycles. The van der Waals surface area contributed by atoms with Gasteiger partial charge in [0.05, 0.1) is 6.10 Å². The molecule has 1 fully saturated rings. The lowest BCUT2D eigenvalue weighted by molar-refractivity contribution is -0.145. The molecule has 6 nitrogen and oxygen atoms in total. The molecule has 0 amide bonds. The third-order valence-corrected chi connectivity index (χ3v) is 5.74. The van der Waals surface area contributed by atoms with E-state index in [-0.39, 0.29) is 5.75 Å². The number of carbonyl (C=O) groups excluding carboxylic acids is 1. The zero-order valence-corrected chi connectivity index (χ0v) is 17.9. The fourth-order valence-electron chi connectivity index (χ4n) is 2.69. The van der Waals surface area contributed by atoms with Gasteiger partial charge < -0.3 is 13.8 Å². The van der Waals surface area contributed by atoms with Crippen LogP contribution in [0.1, 0.15) is 38.2 Å². The Balaban J connectivity index is 1.89. The Kier molecular flexibility index (Phi) is 7.09. The lowest BCUT2D eigenvalue weighted by atomic mass is 10.1. The molecule has 3 rings (SSSR count). The minimum absolute atomic E-state index is 0.0914. The first kappa shape index (κ1) is 24.0. The summed E-state index contributed by atoms with van der Waals surface area (Å²) in [6.45, 7) is 2.28. The molecular formula is C20H19F5NO5P. The van der Waals surface area contributed by atoms with Crippen LogP contribution in [0.15, 0.2) is 24.3 Å². The first-order valence-corrected chi connectivity index (χ1v) is 11.1. The molecule has 0 saturated heterocycles. The van der Waals surface area contributed by atoms with Crippen molar-refractivity contribution in [3.8, 4) is 11.5 Å². The van der Waals surface area contributed by atoms with Crippen LogP contribution in [0.25, 0.3) is 0 Å². The number of esters is 1. The minimum Gasteiger partial charge on any atom is -0.462 e. The molecule has 2 aromatic rings. The van der Waals surface area contributed by atoms with Gasteiger partial charge in [0.15, 0.2) is 0 Å². The molecule has 0 aliphatic heterocycles. The lowest BCUT2D eigenvalue weighted by Gasteiger charge is -2.21. The van der Waals surface area contributed by atoms with Crippen molar-refractivity contribution in [3.05, 3.63) is 58.9 Å². The number of rotatable bonds is 9. The summed E-state index contributed by atoms with van der Waals surface area (Å²) in [6.07, 6.45) is 1.50. The predicted molar refractivity (Wildman–Crippen MR) is 103 cm³/mol. The fraction of sp³-hybridized carbons (Fsp3) is 0.350. The Morgan fingerprint density at radius 3 is 2.00 bits per heavy atom. The van der Waals surface area contributed by atoms with Crippen LogP contribution >= 0.6 is 7.75 Å². The van der Waals surface area contributed by atoms with E-state index in [0.29, 0.717) is 5.92 Å². The largest absolute Gasteiger partial charge is 0.513 e. The summed E-state index contributed by atoms with van der Waals surface area (Å²) in [5.74, 6) is -14.1. The molecule has 2 aromatic carbocycles. The summed E-state index contributed by atoms with van der Waals surface area (Å²) in [7, 11) is -4.88. The first-order valence-electron chi connectivity index (χ1n) is 9.56.